The molecule has 0 saturated heterocycles. The fourth-order valence-electron chi connectivity index (χ4n) is 7.45. The largest absolute Gasteiger partial charge is 0.298 e. The highest BCUT2D eigenvalue weighted by molar-refractivity contribution is 7.89. The summed E-state index contributed by atoms with van der Waals surface area (Å²) >= 11 is 0. The molecule has 8 aromatic carbocycles. The van der Waals surface area contributed by atoms with Gasteiger partial charge in [-0.25, -0.2) is 12.7 Å². The third kappa shape index (κ3) is 6.71. The van der Waals surface area contributed by atoms with Crippen LogP contribution in [-0.4, -0.2) is 41.8 Å². The highest BCUT2D eigenvalue weighted by Crippen LogP contribution is 2.50. The summed E-state index contributed by atoms with van der Waals surface area (Å²) in [5, 5.41) is 2.67. The molecule has 0 fully saturated rings. The molecule has 8 rings (SSSR count). The van der Waals surface area contributed by atoms with Crippen molar-refractivity contribution in [2.24, 2.45) is 0 Å². The SMILES string of the molecule is CCOS(=O)(=O)c1c(-c2ccc(-c3ccccc3)cc2)cc2ccccc2c1-c1c(S(=O)(=O)N(C)C)c(-c2ccc(-c3ccccc3)cc2)cc2ccccc12. The van der Waals surface area contributed by atoms with Crippen LogP contribution in [0.1, 0.15) is 6.92 Å². The minimum absolute atomic E-state index is 0.00309. The molecule has 8 heteroatoms. The maximum atomic E-state index is 14.9. The second-order valence-corrected chi connectivity index (χ2v) is 17.4. The van der Waals surface area contributed by atoms with Gasteiger partial charge in [0.05, 0.1) is 11.5 Å². The molecular formula is C48H39NO5S2. The second kappa shape index (κ2) is 15.0. The Hall–Kier alpha value is -5.90. The number of rotatable bonds is 10. The minimum atomic E-state index is -4.50. The van der Waals surface area contributed by atoms with Gasteiger partial charge in [-0.2, -0.15) is 8.42 Å². The zero-order valence-corrected chi connectivity index (χ0v) is 32.8. The summed E-state index contributed by atoms with van der Waals surface area (Å²) < 4.78 is 66.2. The monoisotopic (exact) mass is 773 g/mol. The van der Waals surface area contributed by atoms with Crippen LogP contribution in [0, 0.1) is 0 Å². The molecule has 0 aliphatic carbocycles. The average Bonchev–Trinajstić information content (AvgIpc) is 3.23. The summed E-state index contributed by atoms with van der Waals surface area (Å²) in [5.74, 6) is 0. The molecule has 0 atom stereocenters. The molecule has 0 saturated carbocycles. The van der Waals surface area contributed by atoms with Crippen molar-refractivity contribution >= 4 is 41.7 Å². The van der Waals surface area contributed by atoms with Crippen LogP contribution in [0.4, 0.5) is 0 Å². The number of nitrogens with zero attached hydrogens (tertiary/aromatic N) is 1. The lowest BCUT2D eigenvalue weighted by atomic mass is 9.87. The first-order valence-corrected chi connectivity index (χ1v) is 21.2. The van der Waals surface area contributed by atoms with Crippen LogP contribution in [0.5, 0.6) is 0 Å². The molecule has 0 unspecified atom stereocenters. The van der Waals surface area contributed by atoms with Gasteiger partial charge in [0.1, 0.15) is 4.90 Å². The molecule has 0 bridgehead atoms. The molecule has 278 valence electrons. The van der Waals surface area contributed by atoms with Gasteiger partial charge in [0.2, 0.25) is 10.0 Å². The number of hydrogen-bond donors (Lipinski definition) is 0. The van der Waals surface area contributed by atoms with Crippen molar-refractivity contribution in [1.82, 2.24) is 4.31 Å². The third-order valence-corrected chi connectivity index (χ3v) is 13.5. The van der Waals surface area contributed by atoms with Gasteiger partial charge in [-0.3, -0.25) is 4.18 Å². The Bertz CT molecular complexity index is 2950. The molecule has 6 nitrogen and oxygen atoms in total. The molecule has 0 amide bonds. The fraction of sp³-hybridized carbons (Fsp3) is 0.0833. The first kappa shape index (κ1) is 37.0. The lowest BCUT2D eigenvalue weighted by molar-refractivity contribution is 0.338. The molecule has 0 N–H and O–H groups in total. The van der Waals surface area contributed by atoms with Gasteiger partial charge >= 0.3 is 0 Å². The van der Waals surface area contributed by atoms with E-state index in [1.54, 1.807) is 6.92 Å². The van der Waals surface area contributed by atoms with Crippen LogP contribution in [-0.2, 0) is 24.3 Å². The third-order valence-electron chi connectivity index (χ3n) is 10.1. The van der Waals surface area contributed by atoms with E-state index < -0.39 is 20.1 Å². The van der Waals surface area contributed by atoms with Gasteiger partial charge in [-0.1, -0.05) is 158 Å². The Morgan fingerprint density at radius 2 is 0.804 bits per heavy atom. The van der Waals surface area contributed by atoms with Gasteiger partial charge in [-0.05, 0) is 74.0 Å². The van der Waals surface area contributed by atoms with Crippen molar-refractivity contribution in [1.29, 1.82) is 0 Å². The average molecular weight is 774 g/mol. The summed E-state index contributed by atoms with van der Waals surface area (Å²) in [6, 6.07) is 54.2. The predicted molar refractivity (Wildman–Crippen MR) is 228 cm³/mol. The van der Waals surface area contributed by atoms with Gasteiger partial charge in [-0.15, -0.1) is 0 Å². The smallest absolute Gasteiger partial charge is 0.267 e. The van der Waals surface area contributed by atoms with E-state index in [0.717, 1.165) is 33.0 Å². The quantitative estimate of drug-likeness (QED) is 0.129. The number of hydrogen-bond acceptors (Lipinski definition) is 5. The second-order valence-electron chi connectivity index (χ2n) is 13.7. The zero-order chi connectivity index (χ0) is 39.0. The highest BCUT2D eigenvalue weighted by Gasteiger charge is 2.35. The zero-order valence-electron chi connectivity index (χ0n) is 31.2. The highest BCUT2D eigenvalue weighted by atomic mass is 32.2. The van der Waals surface area contributed by atoms with E-state index in [9.17, 15) is 16.8 Å². The molecule has 0 aliphatic rings. The predicted octanol–water partition coefficient (Wildman–Crippen LogP) is 11.3. The maximum absolute atomic E-state index is 14.9. The first-order valence-electron chi connectivity index (χ1n) is 18.3. The van der Waals surface area contributed by atoms with E-state index in [-0.39, 0.29) is 27.5 Å². The van der Waals surface area contributed by atoms with Crippen molar-refractivity contribution in [2.45, 2.75) is 16.7 Å². The van der Waals surface area contributed by atoms with E-state index in [2.05, 4.69) is 0 Å². The normalized spacial score (nSPS) is 12.1. The van der Waals surface area contributed by atoms with Crippen molar-refractivity contribution in [3.8, 4) is 55.6 Å². The minimum Gasteiger partial charge on any atom is -0.267 e. The van der Waals surface area contributed by atoms with E-state index in [4.69, 9.17) is 4.18 Å². The Morgan fingerprint density at radius 1 is 0.446 bits per heavy atom. The summed E-state index contributed by atoms with van der Waals surface area (Å²) in [7, 11) is -5.75. The van der Waals surface area contributed by atoms with Gasteiger partial charge in [0, 0.05) is 36.3 Å². The maximum Gasteiger partial charge on any atom is 0.298 e. The lowest BCUT2D eigenvalue weighted by Gasteiger charge is -2.25. The van der Waals surface area contributed by atoms with Crippen LogP contribution < -0.4 is 0 Å². The summed E-state index contributed by atoms with van der Waals surface area (Å²) in [6.07, 6.45) is 0. The van der Waals surface area contributed by atoms with Crippen molar-refractivity contribution in [2.75, 3.05) is 20.7 Å². The van der Waals surface area contributed by atoms with Crippen molar-refractivity contribution < 1.29 is 21.0 Å². The molecule has 0 aliphatic heterocycles. The Balaban J connectivity index is 1.52. The molecule has 0 spiro atoms. The first-order chi connectivity index (χ1) is 27.1. The lowest BCUT2D eigenvalue weighted by Crippen LogP contribution is -2.24. The molecule has 0 heterocycles. The van der Waals surface area contributed by atoms with E-state index >= 15 is 0 Å². The molecule has 0 radical (unpaired) electrons. The van der Waals surface area contributed by atoms with Crippen molar-refractivity contribution in [3.05, 3.63) is 170 Å². The van der Waals surface area contributed by atoms with Gasteiger partial charge < -0.3 is 0 Å². The summed E-state index contributed by atoms with van der Waals surface area (Å²) in [6.45, 7) is 1.52. The van der Waals surface area contributed by atoms with Crippen LogP contribution in [0.15, 0.2) is 180 Å². The molecular weight excluding hydrogens is 735 g/mol. The number of benzene rings is 8. The number of fused-ring (bicyclic) bond motifs is 2. The van der Waals surface area contributed by atoms with Crippen LogP contribution in [0.25, 0.3) is 77.2 Å². The van der Waals surface area contributed by atoms with Gasteiger partial charge in [0.15, 0.2) is 0 Å². The standard InChI is InChI=1S/C48H39NO5S2/c1-4-54-56(52,53)48-44(38-29-25-36(26-30-38)34-17-9-6-10-18-34)32-40-20-12-14-22-42(40)46(48)45-41-21-13-11-19-39(41)31-43(47(45)55(50,51)49(2)3)37-27-23-35(24-28-37)33-15-7-5-8-16-33/h5-32H,4H2,1-3H3. The molecule has 56 heavy (non-hydrogen) atoms. The van der Waals surface area contributed by atoms with Crippen molar-refractivity contribution in [3.63, 3.8) is 0 Å². The van der Waals surface area contributed by atoms with Gasteiger partial charge in [0.25, 0.3) is 10.1 Å². The van der Waals surface area contributed by atoms with Crippen LogP contribution in [0.2, 0.25) is 0 Å². The Kier molecular flexibility index (Phi) is 9.91. The molecule has 8 aromatic rings. The molecule has 0 aromatic heterocycles. The summed E-state index contributed by atoms with van der Waals surface area (Å²) in [5.41, 5.74) is 6.73. The Morgan fingerprint density at radius 3 is 1.23 bits per heavy atom. The topological polar surface area (TPSA) is 80.8 Å². The van der Waals surface area contributed by atoms with Crippen LogP contribution >= 0.6 is 0 Å². The van der Waals surface area contributed by atoms with E-state index in [0.29, 0.717) is 33.0 Å². The Labute approximate surface area is 328 Å². The summed E-state index contributed by atoms with van der Waals surface area (Å²) in [4.78, 5) is -0.0919. The number of sulfonamides is 1. The van der Waals surface area contributed by atoms with E-state index in [1.807, 2.05) is 170 Å². The van der Waals surface area contributed by atoms with Crippen LogP contribution in [0.3, 0.4) is 0 Å². The fourth-order valence-corrected chi connectivity index (χ4v) is 10.1. The van der Waals surface area contributed by atoms with E-state index in [1.165, 1.54) is 18.4 Å².